The van der Waals surface area contributed by atoms with Crippen LogP contribution < -0.4 is 0 Å². The predicted molar refractivity (Wildman–Crippen MR) is 146 cm³/mol. The molecule has 0 saturated heterocycles. The van der Waals surface area contributed by atoms with Gasteiger partial charge < -0.3 is 19.0 Å². The van der Waals surface area contributed by atoms with E-state index >= 15 is 0 Å². The molecule has 0 bridgehead atoms. The normalized spacial score (nSPS) is 41.1. The number of fused-ring (bicyclic) bond motifs is 2. The summed E-state index contributed by atoms with van der Waals surface area (Å²) in [6.45, 7) is 18.1. The summed E-state index contributed by atoms with van der Waals surface area (Å²) in [6, 6.07) is 0. The maximum Gasteiger partial charge on any atom is 0.302 e. The molecule has 0 aromatic rings. The van der Waals surface area contributed by atoms with Crippen LogP contribution in [0, 0.1) is 34.5 Å². The third-order valence-corrected chi connectivity index (χ3v) is 15.8. The van der Waals surface area contributed by atoms with Gasteiger partial charge in [0.1, 0.15) is 0 Å². The number of esters is 1. The fraction of sp³-hybridized carbons (Fsp3) is 0.900. The number of carbonyl (C=O) groups excluding carboxylic acids is 1. The third kappa shape index (κ3) is 4.78. The highest BCUT2D eigenvalue weighted by atomic mass is 28.4. The molecule has 0 aromatic heterocycles. The van der Waals surface area contributed by atoms with Crippen LogP contribution in [-0.2, 0) is 18.7 Å². The monoisotopic (exact) mass is 520 g/mol. The minimum atomic E-state index is -1.95. The molecule has 36 heavy (non-hydrogen) atoms. The second-order valence-electron chi connectivity index (χ2n) is 14.4. The van der Waals surface area contributed by atoms with Crippen molar-refractivity contribution >= 4 is 14.3 Å². The lowest BCUT2D eigenvalue weighted by Crippen LogP contribution is -2.48. The van der Waals surface area contributed by atoms with Crippen LogP contribution >= 0.6 is 0 Å². The Hall–Kier alpha value is -0.693. The zero-order chi connectivity index (χ0) is 26.7. The highest BCUT2D eigenvalue weighted by Gasteiger charge is 2.70. The Morgan fingerprint density at radius 2 is 1.97 bits per heavy atom. The molecule has 0 radical (unpaired) electrons. The van der Waals surface area contributed by atoms with E-state index in [0.29, 0.717) is 30.3 Å². The van der Waals surface area contributed by atoms with E-state index in [1.54, 1.807) is 5.57 Å². The maximum absolute atomic E-state index is 11.6. The van der Waals surface area contributed by atoms with E-state index in [1.165, 1.54) is 32.6 Å². The Morgan fingerprint density at radius 1 is 1.28 bits per heavy atom. The van der Waals surface area contributed by atoms with Gasteiger partial charge in [0.25, 0.3) is 0 Å². The Balaban J connectivity index is 1.51. The number of rotatable bonds is 8. The average Bonchev–Trinajstić information content (AvgIpc) is 3.28. The molecule has 4 unspecified atom stereocenters. The van der Waals surface area contributed by atoms with Gasteiger partial charge >= 0.3 is 5.97 Å². The molecule has 9 atom stereocenters. The highest BCUT2D eigenvalue weighted by molar-refractivity contribution is 6.74. The molecule has 6 heteroatoms. The Bertz CT molecular complexity index is 862. The number of methoxy groups -OCH3 is 1. The lowest BCUT2D eigenvalue weighted by atomic mass is 9.61. The average molecular weight is 521 g/mol. The minimum Gasteiger partial charge on any atom is -0.466 e. The number of aliphatic hydroxyl groups excluding tert-OH is 1. The SMILES string of the molecule is CO[C@H](/C=C1\CCCC2(C)[C@@H]([C@H](C)COC(C)=O)CC[C@@H]12)[C@]12CC1CC(O[Si](C)(C)C(C)(C)C)C2O. The number of aliphatic hydroxyl groups is 1. The van der Waals surface area contributed by atoms with Crippen molar-refractivity contribution in [3.8, 4) is 0 Å². The first-order chi connectivity index (χ1) is 16.7. The van der Waals surface area contributed by atoms with E-state index in [-0.39, 0.29) is 34.0 Å². The van der Waals surface area contributed by atoms with E-state index < -0.39 is 14.4 Å². The summed E-state index contributed by atoms with van der Waals surface area (Å²) in [4.78, 5) is 11.4. The van der Waals surface area contributed by atoms with E-state index in [2.05, 4.69) is 53.8 Å². The molecule has 4 aliphatic rings. The Morgan fingerprint density at radius 3 is 2.58 bits per heavy atom. The van der Waals surface area contributed by atoms with E-state index in [4.69, 9.17) is 13.9 Å². The van der Waals surface area contributed by atoms with Crippen LogP contribution in [0.4, 0.5) is 0 Å². The van der Waals surface area contributed by atoms with Crippen molar-refractivity contribution in [3.05, 3.63) is 11.6 Å². The summed E-state index contributed by atoms with van der Waals surface area (Å²) in [5.74, 6) is 1.80. The van der Waals surface area contributed by atoms with Gasteiger partial charge in [-0.2, -0.15) is 0 Å². The molecular formula is C30H52O5Si. The van der Waals surface area contributed by atoms with Gasteiger partial charge in [0.15, 0.2) is 8.32 Å². The van der Waals surface area contributed by atoms with Crippen molar-refractivity contribution < 1.29 is 23.8 Å². The smallest absolute Gasteiger partial charge is 0.302 e. The van der Waals surface area contributed by atoms with E-state index in [9.17, 15) is 9.90 Å². The summed E-state index contributed by atoms with van der Waals surface area (Å²) in [6.07, 6.45) is 9.78. The number of hydrogen-bond acceptors (Lipinski definition) is 5. The topological polar surface area (TPSA) is 65.0 Å². The molecule has 1 N–H and O–H groups in total. The molecule has 5 nitrogen and oxygen atoms in total. The predicted octanol–water partition coefficient (Wildman–Crippen LogP) is 6.50. The number of ether oxygens (including phenoxy) is 2. The molecule has 0 heterocycles. The molecular weight excluding hydrogens is 468 g/mol. The van der Waals surface area contributed by atoms with Gasteiger partial charge in [-0.25, -0.2) is 0 Å². The van der Waals surface area contributed by atoms with Crippen molar-refractivity contribution in [3.63, 3.8) is 0 Å². The van der Waals surface area contributed by atoms with Gasteiger partial charge in [0.05, 0.1) is 24.9 Å². The van der Waals surface area contributed by atoms with Crippen LogP contribution in [0.5, 0.6) is 0 Å². The molecule has 0 amide bonds. The van der Waals surface area contributed by atoms with Crippen molar-refractivity contribution in [1.29, 1.82) is 0 Å². The van der Waals surface area contributed by atoms with Crippen LogP contribution in [0.3, 0.4) is 0 Å². The number of hydrogen-bond donors (Lipinski definition) is 1. The summed E-state index contributed by atoms with van der Waals surface area (Å²) in [5.41, 5.74) is 1.59. The molecule has 4 aliphatic carbocycles. The van der Waals surface area contributed by atoms with Crippen LogP contribution in [0.2, 0.25) is 18.1 Å². The van der Waals surface area contributed by atoms with Gasteiger partial charge in [-0.3, -0.25) is 4.79 Å². The van der Waals surface area contributed by atoms with Gasteiger partial charge in [0, 0.05) is 19.4 Å². The van der Waals surface area contributed by atoms with Crippen LogP contribution in [-0.4, -0.2) is 51.4 Å². The van der Waals surface area contributed by atoms with Crippen LogP contribution in [0.15, 0.2) is 11.6 Å². The Kier molecular flexibility index (Phi) is 7.71. The molecule has 0 spiro atoms. The zero-order valence-corrected chi connectivity index (χ0v) is 25.4. The molecule has 4 fully saturated rings. The van der Waals surface area contributed by atoms with Gasteiger partial charge in [-0.15, -0.1) is 0 Å². The van der Waals surface area contributed by atoms with Crippen LogP contribution in [0.1, 0.15) is 86.5 Å². The third-order valence-electron chi connectivity index (χ3n) is 11.3. The quantitative estimate of drug-likeness (QED) is 0.225. The highest BCUT2D eigenvalue weighted by Crippen LogP contribution is 2.68. The number of allylic oxidation sites excluding steroid dienone is 1. The first kappa shape index (κ1) is 28.3. The first-order valence-electron chi connectivity index (χ1n) is 14.4. The van der Waals surface area contributed by atoms with Crippen molar-refractivity contribution in [2.45, 2.75) is 123 Å². The minimum absolute atomic E-state index is 0.0552. The van der Waals surface area contributed by atoms with Crippen molar-refractivity contribution in [1.82, 2.24) is 0 Å². The lowest BCUT2D eigenvalue weighted by Gasteiger charge is -2.45. The van der Waals surface area contributed by atoms with E-state index in [0.717, 1.165) is 19.3 Å². The number of carbonyl (C=O) groups is 1. The standard InChI is InChI=1S/C30H52O5Si/c1-19(18-34-20(2)31)23-12-13-24-21(11-10-14-29(23,24)6)15-26(33-7)30-17-22(30)16-25(27(30)32)35-36(8,9)28(3,4)5/h15,19,22-27,32H,10-14,16-18H2,1-9H3/b21-15+/t19-,22?,23-,24+,25?,26-,27?,29?,30+/m1/s1. The van der Waals surface area contributed by atoms with Gasteiger partial charge in [-0.1, -0.05) is 46.3 Å². The molecule has 4 saturated carbocycles. The summed E-state index contributed by atoms with van der Waals surface area (Å²) in [7, 11) is -0.128. The van der Waals surface area contributed by atoms with E-state index in [1.807, 2.05) is 7.11 Å². The van der Waals surface area contributed by atoms with Crippen molar-refractivity contribution in [2.24, 2.45) is 34.5 Å². The fourth-order valence-electron chi connectivity index (χ4n) is 8.19. The van der Waals surface area contributed by atoms with Gasteiger partial charge in [-0.05, 0) is 92.2 Å². The molecule has 206 valence electrons. The zero-order valence-electron chi connectivity index (χ0n) is 24.4. The first-order valence-corrected chi connectivity index (χ1v) is 17.3. The summed E-state index contributed by atoms with van der Waals surface area (Å²) < 4.78 is 18.3. The molecule has 4 rings (SSSR count). The largest absolute Gasteiger partial charge is 0.466 e. The summed E-state index contributed by atoms with van der Waals surface area (Å²) >= 11 is 0. The maximum atomic E-state index is 11.6. The van der Waals surface area contributed by atoms with Crippen LogP contribution in [0.25, 0.3) is 0 Å². The molecule has 0 aromatic carbocycles. The second-order valence-corrected chi connectivity index (χ2v) is 19.1. The second kappa shape index (κ2) is 9.80. The van der Waals surface area contributed by atoms with Crippen molar-refractivity contribution in [2.75, 3.05) is 13.7 Å². The lowest BCUT2D eigenvalue weighted by molar-refractivity contribution is -0.143. The fourth-order valence-corrected chi connectivity index (χ4v) is 9.52. The summed E-state index contributed by atoms with van der Waals surface area (Å²) in [5, 5.41) is 11.7. The Labute approximate surface area is 220 Å². The van der Waals surface area contributed by atoms with Gasteiger partial charge in [0.2, 0.25) is 0 Å². The molecule has 0 aliphatic heterocycles.